The molecule has 22 heavy (non-hydrogen) atoms. The van der Waals surface area contributed by atoms with E-state index in [0.717, 1.165) is 20.6 Å². The van der Waals surface area contributed by atoms with E-state index in [1.807, 2.05) is 50.2 Å². The van der Waals surface area contributed by atoms with Gasteiger partial charge in [-0.1, -0.05) is 11.6 Å². The Morgan fingerprint density at radius 3 is 2.82 bits per heavy atom. The standard InChI is InChI=1S/C15H19ClN4OS/c1-10(12-4-5-13(16)22-12)19-15(21)18-9-11-6-7-17-14(8-11)20(2)3/h4-8,10H,9H2,1-3H3,(H2,18,19,21). The van der Waals surface area contributed by atoms with Gasteiger partial charge in [-0.2, -0.15) is 0 Å². The molecule has 0 aliphatic heterocycles. The van der Waals surface area contributed by atoms with E-state index in [1.165, 1.54) is 11.3 Å². The molecule has 118 valence electrons. The van der Waals surface area contributed by atoms with Crippen LogP contribution < -0.4 is 15.5 Å². The Bertz CT molecular complexity index is 644. The van der Waals surface area contributed by atoms with Crippen molar-refractivity contribution in [1.29, 1.82) is 0 Å². The molecule has 2 aromatic heterocycles. The molecule has 0 aliphatic rings. The molecule has 1 atom stereocenters. The largest absolute Gasteiger partial charge is 0.363 e. The van der Waals surface area contributed by atoms with Gasteiger partial charge in [0.05, 0.1) is 10.4 Å². The maximum atomic E-state index is 11.9. The number of urea groups is 1. The molecule has 5 nitrogen and oxygen atoms in total. The van der Waals surface area contributed by atoms with Crippen LogP contribution in [-0.2, 0) is 6.54 Å². The molecule has 0 radical (unpaired) electrons. The van der Waals surface area contributed by atoms with Crippen LogP contribution in [0, 0.1) is 0 Å². The van der Waals surface area contributed by atoms with Crippen molar-refractivity contribution in [3.8, 4) is 0 Å². The number of amides is 2. The molecule has 0 aromatic carbocycles. The van der Waals surface area contributed by atoms with Crippen molar-refractivity contribution < 1.29 is 4.79 Å². The number of hydrogen-bond acceptors (Lipinski definition) is 4. The van der Waals surface area contributed by atoms with E-state index in [1.54, 1.807) is 6.20 Å². The lowest BCUT2D eigenvalue weighted by Crippen LogP contribution is -2.36. The molecule has 0 fully saturated rings. The Labute approximate surface area is 139 Å². The summed E-state index contributed by atoms with van der Waals surface area (Å²) < 4.78 is 0.719. The summed E-state index contributed by atoms with van der Waals surface area (Å²) >= 11 is 7.37. The van der Waals surface area contributed by atoms with Crippen LogP contribution in [0.5, 0.6) is 0 Å². The van der Waals surface area contributed by atoms with Gasteiger partial charge in [0.2, 0.25) is 0 Å². The topological polar surface area (TPSA) is 57.3 Å². The van der Waals surface area contributed by atoms with Crippen LogP contribution in [0.1, 0.15) is 23.4 Å². The number of rotatable bonds is 5. The van der Waals surface area contributed by atoms with Gasteiger partial charge in [0, 0.05) is 31.7 Å². The average Bonchev–Trinajstić information content (AvgIpc) is 2.92. The van der Waals surface area contributed by atoms with Gasteiger partial charge in [-0.3, -0.25) is 0 Å². The average molecular weight is 339 g/mol. The maximum Gasteiger partial charge on any atom is 0.315 e. The molecule has 0 spiro atoms. The first-order valence-electron chi connectivity index (χ1n) is 6.87. The second kappa shape index (κ2) is 7.47. The minimum Gasteiger partial charge on any atom is -0.363 e. The van der Waals surface area contributed by atoms with Gasteiger partial charge in [0.15, 0.2) is 0 Å². The van der Waals surface area contributed by atoms with Crippen molar-refractivity contribution in [2.24, 2.45) is 0 Å². The SMILES string of the molecule is CC(NC(=O)NCc1ccnc(N(C)C)c1)c1ccc(Cl)s1. The smallest absolute Gasteiger partial charge is 0.315 e. The zero-order valence-electron chi connectivity index (χ0n) is 12.8. The number of pyridine rings is 1. The van der Waals surface area contributed by atoms with Crippen LogP contribution >= 0.6 is 22.9 Å². The first-order chi connectivity index (χ1) is 10.5. The van der Waals surface area contributed by atoms with Gasteiger partial charge in [0.25, 0.3) is 0 Å². The molecular weight excluding hydrogens is 320 g/mol. The summed E-state index contributed by atoms with van der Waals surface area (Å²) in [5.74, 6) is 0.862. The van der Waals surface area contributed by atoms with E-state index in [-0.39, 0.29) is 12.1 Å². The van der Waals surface area contributed by atoms with Crippen LogP contribution in [-0.4, -0.2) is 25.1 Å². The predicted molar refractivity (Wildman–Crippen MR) is 91.7 cm³/mol. The molecule has 2 N–H and O–H groups in total. The number of carbonyl (C=O) groups excluding carboxylic acids is 1. The highest BCUT2D eigenvalue weighted by Gasteiger charge is 2.11. The van der Waals surface area contributed by atoms with Gasteiger partial charge in [-0.15, -0.1) is 11.3 Å². The third kappa shape index (κ3) is 4.61. The number of carbonyl (C=O) groups is 1. The second-order valence-corrected chi connectivity index (χ2v) is 6.85. The lowest BCUT2D eigenvalue weighted by Gasteiger charge is -2.14. The van der Waals surface area contributed by atoms with Crippen LogP contribution in [0.3, 0.4) is 0 Å². The van der Waals surface area contributed by atoms with E-state index in [2.05, 4.69) is 15.6 Å². The monoisotopic (exact) mass is 338 g/mol. The number of aromatic nitrogens is 1. The zero-order chi connectivity index (χ0) is 16.1. The molecule has 0 aliphatic carbocycles. The summed E-state index contributed by atoms with van der Waals surface area (Å²) in [6, 6.07) is 7.30. The molecule has 2 heterocycles. The highest BCUT2D eigenvalue weighted by atomic mass is 35.5. The Hall–Kier alpha value is -1.79. The predicted octanol–water partition coefficient (Wildman–Crippen LogP) is 3.42. The normalized spacial score (nSPS) is 11.8. The molecule has 0 saturated heterocycles. The summed E-state index contributed by atoms with van der Waals surface area (Å²) in [6.07, 6.45) is 1.74. The van der Waals surface area contributed by atoms with Crippen LogP contribution in [0.4, 0.5) is 10.6 Å². The minimum atomic E-state index is -0.208. The van der Waals surface area contributed by atoms with E-state index in [9.17, 15) is 4.79 Å². The van der Waals surface area contributed by atoms with E-state index < -0.39 is 0 Å². The minimum absolute atomic E-state index is 0.0766. The molecule has 2 amide bonds. The van der Waals surface area contributed by atoms with E-state index in [4.69, 9.17) is 11.6 Å². The molecule has 7 heteroatoms. The number of nitrogens with one attached hydrogen (secondary N) is 2. The molecular formula is C15H19ClN4OS. The van der Waals surface area contributed by atoms with Gasteiger partial charge in [0.1, 0.15) is 5.82 Å². The number of thiophene rings is 1. The lowest BCUT2D eigenvalue weighted by atomic mass is 10.2. The lowest BCUT2D eigenvalue weighted by molar-refractivity contribution is 0.237. The first-order valence-corrected chi connectivity index (χ1v) is 8.07. The fourth-order valence-electron chi connectivity index (χ4n) is 1.88. The summed E-state index contributed by atoms with van der Waals surface area (Å²) in [5.41, 5.74) is 1.00. The van der Waals surface area contributed by atoms with Crippen molar-refractivity contribution in [3.63, 3.8) is 0 Å². The van der Waals surface area contributed by atoms with Crippen molar-refractivity contribution in [2.75, 3.05) is 19.0 Å². The highest BCUT2D eigenvalue weighted by Crippen LogP contribution is 2.26. The van der Waals surface area contributed by atoms with E-state index >= 15 is 0 Å². The molecule has 2 rings (SSSR count). The van der Waals surface area contributed by atoms with Gasteiger partial charge >= 0.3 is 6.03 Å². The fourth-order valence-corrected chi connectivity index (χ4v) is 2.94. The van der Waals surface area contributed by atoms with Crippen molar-refractivity contribution >= 4 is 34.8 Å². The Morgan fingerprint density at radius 2 is 2.18 bits per heavy atom. The Kier molecular flexibility index (Phi) is 5.63. The fraction of sp³-hybridized carbons (Fsp3) is 0.333. The third-order valence-corrected chi connectivity index (χ3v) is 4.50. The number of nitrogens with zero attached hydrogens (tertiary/aromatic N) is 2. The van der Waals surface area contributed by atoms with Gasteiger partial charge in [-0.25, -0.2) is 9.78 Å². The second-order valence-electron chi connectivity index (χ2n) is 5.11. The molecule has 0 bridgehead atoms. The molecule has 0 saturated carbocycles. The zero-order valence-corrected chi connectivity index (χ0v) is 14.3. The van der Waals surface area contributed by atoms with Gasteiger partial charge in [-0.05, 0) is 36.8 Å². The maximum absolute atomic E-state index is 11.9. The van der Waals surface area contributed by atoms with Crippen molar-refractivity contribution in [2.45, 2.75) is 19.5 Å². The van der Waals surface area contributed by atoms with Crippen molar-refractivity contribution in [3.05, 3.63) is 45.2 Å². The number of anilines is 1. The van der Waals surface area contributed by atoms with Crippen molar-refractivity contribution in [1.82, 2.24) is 15.6 Å². The summed E-state index contributed by atoms with van der Waals surface area (Å²) in [4.78, 5) is 19.1. The Balaban J connectivity index is 1.86. The van der Waals surface area contributed by atoms with Gasteiger partial charge < -0.3 is 15.5 Å². The highest BCUT2D eigenvalue weighted by molar-refractivity contribution is 7.16. The van der Waals surface area contributed by atoms with Crippen LogP contribution in [0.15, 0.2) is 30.5 Å². The molecule has 1 unspecified atom stereocenters. The summed E-state index contributed by atoms with van der Waals surface area (Å²) in [7, 11) is 3.86. The summed E-state index contributed by atoms with van der Waals surface area (Å²) in [5, 5.41) is 5.74. The van der Waals surface area contributed by atoms with Crippen LogP contribution in [0.2, 0.25) is 4.34 Å². The molecule has 2 aromatic rings. The Morgan fingerprint density at radius 1 is 1.41 bits per heavy atom. The van der Waals surface area contributed by atoms with Crippen LogP contribution in [0.25, 0.3) is 0 Å². The number of halogens is 1. The first kappa shape index (κ1) is 16.6. The quantitative estimate of drug-likeness (QED) is 0.878. The third-order valence-electron chi connectivity index (χ3n) is 3.09. The number of hydrogen-bond donors (Lipinski definition) is 2. The van der Waals surface area contributed by atoms with E-state index in [0.29, 0.717) is 6.54 Å². The summed E-state index contributed by atoms with van der Waals surface area (Å²) in [6.45, 7) is 2.38.